The Balaban J connectivity index is 1.50. The fraction of sp³-hybridized carbons (Fsp3) is 0.231. The molecular formula is C26H24O. The second-order valence-electron chi connectivity index (χ2n) is 7.78. The van der Waals surface area contributed by atoms with Crippen molar-refractivity contribution in [1.82, 2.24) is 0 Å². The lowest BCUT2D eigenvalue weighted by molar-refractivity contribution is 0.285. The predicted octanol–water partition coefficient (Wildman–Crippen LogP) is 4.67. The summed E-state index contributed by atoms with van der Waals surface area (Å²) in [6.07, 6.45) is 7.03. The number of rotatable bonds is 3. The van der Waals surface area contributed by atoms with Crippen LogP contribution in [0.2, 0.25) is 0 Å². The van der Waals surface area contributed by atoms with Crippen LogP contribution in [0.15, 0.2) is 66.7 Å². The van der Waals surface area contributed by atoms with Gasteiger partial charge in [0.2, 0.25) is 0 Å². The zero-order valence-corrected chi connectivity index (χ0v) is 15.7. The third-order valence-electron chi connectivity index (χ3n) is 5.89. The van der Waals surface area contributed by atoms with Crippen molar-refractivity contribution in [3.63, 3.8) is 0 Å². The first-order valence-electron chi connectivity index (χ1n) is 9.90. The molecule has 0 aromatic heterocycles. The van der Waals surface area contributed by atoms with Crippen LogP contribution in [0.4, 0.5) is 0 Å². The smallest absolute Gasteiger partial charge is 0.119 e. The molecule has 27 heavy (non-hydrogen) atoms. The summed E-state index contributed by atoms with van der Waals surface area (Å²) in [6, 6.07) is 23.6. The van der Waals surface area contributed by atoms with Crippen LogP contribution in [0, 0.1) is 5.92 Å². The number of hydrogen-bond donors (Lipinski definition) is 0. The van der Waals surface area contributed by atoms with Crippen molar-refractivity contribution in [2.24, 2.45) is 5.92 Å². The molecule has 134 valence electrons. The van der Waals surface area contributed by atoms with Gasteiger partial charge in [0, 0.05) is 5.92 Å². The van der Waals surface area contributed by atoms with E-state index in [1.54, 1.807) is 0 Å². The van der Waals surface area contributed by atoms with Crippen LogP contribution in [-0.4, -0.2) is 6.61 Å². The normalized spacial score (nSPS) is 19.7. The largest absolute Gasteiger partial charge is 0.493 e. The molecule has 1 heteroatoms. The molecule has 2 aliphatic carbocycles. The number of ether oxygens (including phenoxy) is 1. The number of benzene rings is 3. The van der Waals surface area contributed by atoms with E-state index < -0.39 is 0 Å². The Labute approximate surface area is 160 Å². The van der Waals surface area contributed by atoms with Crippen molar-refractivity contribution >= 4 is 12.2 Å². The fourth-order valence-electron chi connectivity index (χ4n) is 4.61. The summed E-state index contributed by atoms with van der Waals surface area (Å²) in [4.78, 5) is 0. The van der Waals surface area contributed by atoms with E-state index in [4.69, 9.17) is 4.74 Å². The van der Waals surface area contributed by atoms with Crippen LogP contribution in [0.25, 0.3) is 23.3 Å². The maximum Gasteiger partial charge on any atom is 0.119 e. The molecule has 0 spiro atoms. The van der Waals surface area contributed by atoms with Crippen LogP contribution in [-0.2, 0) is 6.42 Å². The lowest BCUT2D eigenvalue weighted by Crippen LogP contribution is -2.36. The zero-order chi connectivity index (χ0) is 18.2. The molecule has 2 atom stereocenters. The SMILES string of the molecule is CC1Cc2ccccc2-c2ccc3c(c21)=CCC(COc1ccccc1)C=3. The van der Waals surface area contributed by atoms with Crippen molar-refractivity contribution in [1.29, 1.82) is 0 Å². The van der Waals surface area contributed by atoms with E-state index in [2.05, 4.69) is 55.5 Å². The molecule has 2 unspecified atom stereocenters. The number of para-hydroxylation sites is 1. The van der Waals surface area contributed by atoms with Gasteiger partial charge in [0.15, 0.2) is 0 Å². The molecule has 2 aliphatic rings. The topological polar surface area (TPSA) is 9.23 Å². The van der Waals surface area contributed by atoms with Gasteiger partial charge in [0.05, 0.1) is 6.61 Å². The Morgan fingerprint density at radius 1 is 0.889 bits per heavy atom. The Morgan fingerprint density at radius 2 is 1.70 bits per heavy atom. The van der Waals surface area contributed by atoms with E-state index in [9.17, 15) is 0 Å². The van der Waals surface area contributed by atoms with Gasteiger partial charge in [-0.15, -0.1) is 0 Å². The first kappa shape index (κ1) is 16.4. The van der Waals surface area contributed by atoms with Crippen molar-refractivity contribution < 1.29 is 4.74 Å². The average Bonchev–Trinajstić information content (AvgIpc) is 2.72. The highest BCUT2D eigenvalue weighted by Crippen LogP contribution is 2.37. The standard InChI is InChI=1S/C26H24O/c1-18-15-20-7-5-6-10-23(20)25-14-12-21-16-19(11-13-24(21)26(18)25)17-27-22-8-3-2-4-9-22/h2-10,12-14,16,18-19H,11,15,17H2,1H3. The van der Waals surface area contributed by atoms with Gasteiger partial charge < -0.3 is 4.74 Å². The highest BCUT2D eigenvalue weighted by Gasteiger charge is 2.23. The summed E-state index contributed by atoms with van der Waals surface area (Å²) in [5.74, 6) is 1.95. The summed E-state index contributed by atoms with van der Waals surface area (Å²) in [6.45, 7) is 3.10. The van der Waals surface area contributed by atoms with Gasteiger partial charge in [0.25, 0.3) is 0 Å². The van der Waals surface area contributed by atoms with E-state index in [0.717, 1.165) is 25.2 Å². The molecule has 0 bridgehead atoms. The number of hydrogen-bond acceptors (Lipinski definition) is 1. The first-order valence-corrected chi connectivity index (χ1v) is 9.90. The number of fused-ring (bicyclic) bond motifs is 5. The van der Waals surface area contributed by atoms with Crippen molar-refractivity contribution in [3.05, 3.63) is 88.3 Å². The van der Waals surface area contributed by atoms with Crippen molar-refractivity contribution in [2.75, 3.05) is 6.61 Å². The Hall–Kier alpha value is -2.80. The molecule has 1 nitrogen and oxygen atoms in total. The second-order valence-corrected chi connectivity index (χ2v) is 7.78. The van der Waals surface area contributed by atoms with Crippen LogP contribution < -0.4 is 15.2 Å². The quantitative estimate of drug-likeness (QED) is 0.665. The van der Waals surface area contributed by atoms with E-state index in [1.807, 2.05) is 30.3 Å². The Morgan fingerprint density at radius 3 is 2.59 bits per heavy atom. The van der Waals surface area contributed by atoms with Gasteiger partial charge in [-0.3, -0.25) is 0 Å². The lowest BCUT2D eigenvalue weighted by atomic mass is 9.77. The third-order valence-corrected chi connectivity index (χ3v) is 5.89. The van der Waals surface area contributed by atoms with E-state index >= 15 is 0 Å². The van der Waals surface area contributed by atoms with Crippen LogP contribution >= 0.6 is 0 Å². The van der Waals surface area contributed by atoms with Gasteiger partial charge in [-0.25, -0.2) is 0 Å². The minimum atomic E-state index is 0.432. The van der Waals surface area contributed by atoms with Gasteiger partial charge in [-0.2, -0.15) is 0 Å². The maximum atomic E-state index is 5.99. The average molecular weight is 352 g/mol. The Bertz CT molecular complexity index is 1090. The van der Waals surface area contributed by atoms with Gasteiger partial charge in [-0.05, 0) is 63.6 Å². The summed E-state index contributed by atoms with van der Waals surface area (Å²) < 4.78 is 5.99. The molecular weight excluding hydrogens is 328 g/mol. The predicted molar refractivity (Wildman–Crippen MR) is 112 cm³/mol. The minimum absolute atomic E-state index is 0.432. The van der Waals surface area contributed by atoms with E-state index in [1.165, 1.54) is 32.7 Å². The van der Waals surface area contributed by atoms with Crippen LogP contribution in [0.3, 0.4) is 0 Å². The summed E-state index contributed by atoms with van der Waals surface area (Å²) in [5.41, 5.74) is 5.85. The maximum absolute atomic E-state index is 5.99. The summed E-state index contributed by atoms with van der Waals surface area (Å²) in [5, 5.41) is 2.82. The molecule has 0 radical (unpaired) electrons. The molecule has 0 N–H and O–H groups in total. The van der Waals surface area contributed by atoms with Crippen LogP contribution in [0.5, 0.6) is 5.75 Å². The van der Waals surface area contributed by atoms with Gasteiger partial charge >= 0.3 is 0 Å². The van der Waals surface area contributed by atoms with Gasteiger partial charge in [0.1, 0.15) is 5.75 Å². The van der Waals surface area contributed by atoms with E-state index in [-0.39, 0.29) is 0 Å². The lowest BCUT2D eigenvalue weighted by Gasteiger charge is -2.27. The first-order chi connectivity index (χ1) is 13.3. The molecule has 0 saturated carbocycles. The Kier molecular flexibility index (Phi) is 4.09. The highest BCUT2D eigenvalue weighted by molar-refractivity contribution is 5.75. The molecule has 0 fully saturated rings. The molecule has 3 aromatic carbocycles. The minimum Gasteiger partial charge on any atom is -0.493 e. The van der Waals surface area contributed by atoms with E-state index in [0.29, 0.717) is 11.8 Å². The van der Waals surface area contributed by atoms with Crippen molar-refractivity contribution in [3.8, 4) is 16.9 Å². The zero-order valence-electron chi connectivity index (χ0n) is 15.7. The summed E-state index contributed by atoms with van der Waals surface area (Å²) >= 11 is 0. The van der Waals surface area contributed by atoms with Crippen molar-refractivity contribution in [2.45, 2.75) is 25.7 Å². The molecule has 3 aromatic rings. The molecule has 0 heterocycles. The molecule has 0 amide bonds. The molecule has 5 rings (SSSR count). The van der Waals surface area contributed by atoms with Crippen LogP contribution in [0.1, 0.15) is 30.4 Å². The summed E-state index contributed by atoms with van der Waals surface area (Å²) in [7, 11) is 0. The second kappa shape index (κ2) is 6.74. The molecule has 0 aliphatic heterocycles. The monoisotopic (exact) mass is 352 g/mol. The van der Waals surface area contributed by atoms with Gasteiger partial charge in [-0.1, -0.05) is 73.7 Å². The molecule has 0 saturated heterocycles. The fourth-order valence-corrected chi connectivity index (χ4v) is 4.61. The highest BCUT2D eigenvalue weighted by atomic mass is 16.5. The third kappa shape index (κ3) is 2.98.